The number of ether oxygens (including phenoxy) is 2. The van der Waals surface area contributed by atoms with Crippen molar-refractivity contribution in [2.75, 3.05) is 18.1 Å². The minimum absolute atomic E-state index is 0.0359. The highest BCUT2D eigenvalue weighted by atomic mass is 32.2. The lowest BCUT2D eigenvalue weighted by atomic mass is 9.83. The maximum atomic E-state index is 13.7. The van der Waals surface area contributed by atoms with E-state index in [1.54, 1.807) is 13.8 Å². The van der Waals surface area contributed by atoms with E-state index in [2.05, 4.69) is 19.9 Å². The molecule has 1 amide bonds. The van der Waals surface area contributed by atoms with E-state index in [9.17, 15) is 14.4 Å². The lowest BCUT2D eigenvalue weighted by Crippen LogP contribution is -2.53. The van der Waals surface area contributed by atoms with Gasteiger partial charge in [-0.3, -0.25) is 4.79 Å². The van der Waals surface area contributed by atoms with E-state index in [-0.39, 0.29) is 31.0 Å². The van der Waals surface area contributed by atoms with Crippen LogP contribution in [0.15, 0.2) is 44.4 Å². The second kappa shape index (κ2) is 9.33. The minimum Gasteiger partial charge on any atom is -0.462 e. The molecule has 0 N–H and O–H groups in total. The molecule has 4 aliphatic rings. The second-order valence-corrected chi connectivity index (χ2v) is 13.3. The number of thioether (sulfide) groups is 3. The molecule has 1 spiro atoms. The summed E-state index contributed by atoms with van der Waals surface area (Å²) in [6, 6.07) is 6.09. The fourth-order valence-corrected chi connectivity index (χ4v) is 9.28. The lowest BCUT2D eigenvalue weighted by molar-refractivity contribution is -0.138. The molecule has 36 heavy (non-hydrogen) atoms. The summed E-state index contributed by atoms with van der Waals surface area (Å²) in [6.45, 7) is 10.3. The molecule has 1 aliphatic carbocycles. The molecule has 0 aromatic heterocycles. The molecule has 3 heterocycles. The first-order valence-electron chi connectivity index (χ1n) is 12.2. The molecule has 1 fully saturated rings. The van der Waals surface area contributed by atoms with Gasteiger partial charge in [0.2, 0.25) is 5.91 Å². The van der Waals surface area contributed by atoms with Crippen LogP contribution < -0.4 is 4.90 Å². The molecule has 1 atom stereocenters. The zero-order valence-corrected chi connectivity index (χ0v) is 23.5. The number of anilines is 1. The van der Waals surface area contributed by atoms with Crippen LogP contribution in [0.2, 0.25) is 0 Å². The van der Waals surface area contributed by atoms with Crippen molar-refractivity contribution in [2.45, 2.75) is 57.1 Å². The molecule has 0 unspecified atom stereocenters. The highest BCUT2D eigenvalue weighted by Gasteiger charge is 2.55. The van der Waals surface area contributed by atoms with E-state index in [0.29, 0.717) is 9.81 Å². The van der Waals surface area contributed by atoms with Gasteiger partial charge in [-0.15, -0.1) is 11.8 Å². The molecule has 1 saturated carbocycles. The van der Waals surface area contributed by atoms with E-state index >= 15 is 0 Å². The first kappa shape index (κ1) is 25.5. The van der Waals surface area contributed by atoms with Crippen molar-refractivity contribution < 1.29 is 23.9 Å². The van der Waals surface area contributed by atoms with Gasteiger partial charge in [-0.1, -0.05) is 41.7 Å². The van der Waals surface area contributed by atoms with Gasteiger partial charge in [0.05, 0.1) is 29.3 Å². The molecular weight excluding hydrogens is 515 g/mol. The monoisotopic (exact) mass is 543 g/mol. The zero-order valence-electron chi connectivity index (χ0n) is 21.0. The largest absolute Gasteiger partial charge is 0.462 e. The average molecular weight is 544 g/mol. The van der Waals surface area contributed by atoms with Crippen molar-refractivity contribution in [3.63, 3.8) is 0 Å². The molecule has 6 nitrogen and oxygen atoms in total. The van der Waals surface area contributed by atoms with Gasteiger partial charge in [0, 0.05) is 22.0 Å². The number of rotatable bonds is 5. The van der Waals surface area contributed by atoms with Gasteiger partial charge < -0.3 is 14.4 Å². The molecule has 3 aliphatic heterocycles. The Kier molecular flexibility index (Phi) is 6.62. The van der Waals surface area contributed by atoms with Crippen molar-refractivity contribution >= 4 is 64.4 Å². The predicted octanol–water partition coefficient (Wildman–Crippen LogP) is 6.02. The molecule has 1 aromatic rings. The van der Waals surface area contributed by atoms with Crippen LogP contribution in [-0.2, 0) is 23.9 Å². The van der Waals surface area contributed by atoms with Gasteiger partial charge in [-0.05, 0) is 64.5 Å². The van der Waals surface area contributed by atoms with Crippen LogP contribution in [0.25, 0.3) is 5.57 Å². The highest BCUT2D eigenvalue weighted by molar-refractivity contribution is 8.25. The molecule has 1 aromatic carbocycles. The van der Waals surface area contributed by atoms with E-state index < -0.39 is 15.6 Å². The number of benzene rings is 1. The molecule has 0 saturated heterocycles. The Morgan fingerprint density at radius 1 is 1.06 bits per heavy atom. The SMILES string of the molecule is CCOC(=O)C1=C[C@@]2(SC=C(C(=O)OCC)S2)C2=C(S1)C(C)(C)N(C(=O)C1CC1)c1c(C)cccc12. The minimum atomic E-state index is -0.765. The van der Waals surface area contributed by atoms with Gasteiger partial charge >= 0.3 is 11.9 Å². The summed E-state index contributed by atoms with van der Waals surface area (Å²) in [6.07, 6.45) is 3.73. The van der Waals surface area contributed by atoms with Crippen molar-refractivity contribution in [3.8, 4) is 0 Å². The third-order valence-electron chi connectivity index (χ3n) is 6.66. The maximum absolute atomic E-state index is 13.7. The van der Waals surface area contributed by atoms with Gasteiger partial charge in [-0.2, -0.15) is 0 Å². The van der Waals surface area contributed by atoms with Crippen molar-refractivity contribution in [1.82, 2.24) is 0 Å². The quantitative estimate of drug-likeness (QED) is 0.418. The Labute approximate surface area is 224 Å². The van der Waals surface area contributed by atoms with Crippen LogP contribution >= 0.6 is 35.3 Å². The summed E-state index contributed by atoms with van der Waals surface area (Å²) >= 11 is 4.27. The summed E-state index contributed by atoms with van der Waals surface area (Å²) in [5.74, 6) is -0.608. The van der Waals surface area contributed by atoms with E-state index in [1.807, 2.05) is 35.4 Å². The number of esters is 2. The zero-order chi connectivity index (χ0) is 25.8. The number of carbonyl (C=O) groups is 3. The number of fused-ring (bicyclic) bond motifs is 3. The topological polar surface area (TPSA) is 72.9 Å². The van der Waals surface area contributed by atoms with Crippen molar-refractivity contribution in [1.29, 1.82) is 0 Å². The van der Waals surface area contributed by atoms with Crippen molar-refractivity contribution in [3.05, 3.63) is 55.5 Å². The average Bonchev–Trinajstić information content (AvgIpc) is 3.60. The van der Waals surface area contributed by atoms with Gasteiger partial charge in [-0.25, -0.2) is 9.59 Å². The number of amides is 1. The van der Waals surface area contributed by atoms with Crippen molar-refractivity contribution in [2.24, 2.45) is 5.92 Å². The Morgan fingerprint density at radius 3 is 2.36 bits per heavy atom. The summed E-state index contributed by atoms with van der Waals surface area (Å²) < 4.78 is 9.93. The smallest absolute Gasteiger partial charge is 0.345 e. The first-order chi connectivity index (χ1) is 17.1. The number of carbonyl (C=O) groups excluding carboxylic acids is 3. The fraction of sp³-hybridized carbons (Fsp3) is 0.444. The first-order valence-corrected chi connectivity index (χ1v) is 14.7. The molecule has 190 valence electrons. The van der Waals surface area contributed by atoms with Crippen LogP contribution in [-0.4, -0.2) is 40.7 Å². The molecular formula is C27H29NO5S3. The Bertz CT molecular complexity index is 1260. The molecule has 0 bridgehead atoms. The van der Waals surface area contributed by atoms with Gasteiger partial charge in [0.15, 0.2) is 0 Å². The van der Waals surface area contributed by atoms with Crippen LogP contribution in [0.5, 0.6) is 0 Å². The summed E-state index contributed by atoms with van der Waals surface area (Å²) in [5.41, 5.74) is 3.22. The number of aryl methyl sites for hydroxylation is 1. The fourth-order valence-electron chi connectivity index (χ4n) is 4.89. The Balaban J connectivity index is 1.71. The van der Waals surface area contributed by atoms with Crippen LogP contribution in [0, 0.1) is 12.8 Å². The standard InChI is InChI=1S/C27H29NO5S3/c1-6-32-24(30)18-13-27(34-14-19(36-27)25(31)33-7-2)20-17-10-8-9-15(3)21(17)28(23(29)16-11-12-16)26(4,5)22(20)35-18/h8-10,13-14,16H,6-7,11-12H2,1-5H3/t27-/m0/s1. The second-order valence-electron chi connectivity index (χ2n) is 9.60. The highest BCUT2D eigenvalue weighted by Crippen LogP contribution is 2.67. The summed E-state index contributed by atoms with van der Waals surface area (Å²) in [7, 11) is 0. The summed E-state index contributed by atoms with van der Waals surface area (Å²) in [5, 5.41) is 1.83. The van der Waals surface area contributed by atoms with Crippen LogP contribution in [0.3, 0.4) is 0 Å². The van der Waals surface area contributed by atoms with Gasteiger partial charge in [0.1, 0.15) is 8.98 Å². The van der Waals surface area contributed by atoms with Crippen LogP contribution in [0.1, 0.15) is 51.7 Å². The van der Waals surface area contributed by atoms with E-state index in [1.165, 1.54) is 35.3 Å². The van der Waals surface area contributed by atoms with Gasteiger partial charge in [0.25, 0.3) is 0 Å². The number of nitrogens with zero attached hydrogens (tertiary/aromatic N) is 1. The Morgan fingerprint density at radius 2 is 1.72 bits per heavy atom. The maximum Gasteiger partial charge on any atom is 0.345 e. The lowest BCUT2D eigenvalue weighted by Gasteiger charge is -2.50. The summed E-state index contributed by atoms with van der Waals surface area (Å²) in [4.78, 5) is 43.3. The van der Waals surface area contributed by atoms with E-state index in [4.69, 9.17) is 9.47 Å². The molecule has 0 radical (unpaired) electrons. The third-order valence-corrected chi connectivity index (χ3v) is 10.9. The molecule has 5 rings (SSSR count). The molecule has 9 heteroatoms. The Hall–Kier alpha value is -2.10. The van der Waals surface area contributed by atoms with E-state index in [0.717, 1.165) is 40.1 Å². The third kappa shape index (κ3) is 4.03. The van der Waals surface area contributed by atoms with Crippen LogP contribution in [0.4, 0.5) is 5.69 Å². The number of hydrogen-bond acceptors (Lipinski definition) is 8. The number of para-hydroxylation sites is 1. The normalized spacial score (nSPS) is 24.1. The number of hydrogen-bond donors (Lipinski definition) is 0. The predicted molar refractivity (Wildman–Crippen MR) is 147 cm³/mol.